The maximum Gasteiger partial charge on any atom is 0.129 e. The van der Waals surface area contributed by atoms with Crippen molar-refractivity contribution in [1.29, 1.82) is 0 Å². The average molecular weight is 294 g/mol. The van der Waals surface area contributed by atoms with Gasteiger partial charge >= 0.3 is 0 Å². The molecule has 3 aromatic rings. The predicted octanol–water partition coefficient (Wildman–Crippen LogP) is 4.11. The summed E-state index contributed by atoms with van der Waals surface area (Å²) in [6.45, 7) is 2.64. The van der Waals surface area contributed by atoms with E-state index in [1.54, 1.807) is 0 Å². The zero-order valence-corrected chi connectivity index (χ0v) is 11.9. The van der Waals surface area contributed by atoms with Gasteiger partial charge in [0.1, 0.15) is 22.6 Å². The molecule has 0 spiro atoms. The number of hydrogen-bond donors (Lipinski definition) is 1. The van der Waals surface area contributed by atoms with Crippen LogP contribution in [-0.4, -0.2) is 8.75 Å². The van der Waals surface area contributed by atoms with Gasteiger partial charge in [-0.25, -0.2) is 0 Å². The molecule has 0 unspecified atom stereocenters. The van der Waals surface area contributed by atoms with Crippen molar-refractivity contribution < 1.29 is 4.42 Å². The molecular formula is C13H12ClN3OS. The molecule has 6 heteroatoms. The van der Waals surface area contributed by atoms with Crippen molar-refractivity contribution >= 4 is 40.0 Å². The van der Waals surface area contributed by atoms with E-state index in [0.29, 0.717) is 11.6 Å². The minimum atomic E-state index is 0.580. The van der Waals surface area contributed by atoms with Gasteiger partial charge in [-0.15, -0.1) is 0 Å². The lowest BCUT2D eigenvalue weighted by Gasteiger charge is -2.07. The third-order valence-electron chi connectivity index (χ3n) is 2.88. The van der Waals surface area contributed by atoms with Gasteiger partial charge in [0.15, 0.2) is 0 Å². The van der Waals surface area contributed by atoms with Crippen LogP contribution in [0.25, 0.3) is 11.0 Å². The van der Waals surface area contributed by atoms with E-state index in [1.165, 1.54) is 11.7 Å². The van der Waals surface area contributed by atoms with Crippen LogP contribution < -0.4 is 5.32 Å². The highest BCUT2D eigenvalue weighted by Gasteiger charge is 2.10. The topological polar surface area (TPSA) is 51.0 Å². The van der Waals surface area contributed by atoms with E-state index in [2.05, 4.69) is 21.0 Å². The fourth-order valence-corrected chi connectivity index (χ4v) is 2.64. The van der Waals surface area contributed by atoms with Crippen LogP contribution >= 0.6 is 23.3 Å². The van der Waals surface area contributed by atoms with Crippen molar-refractivity contribution in [1.82, 2.24) is 8.75 Å². The minimum absolute atomic E-state index is 0.580. The Morgan fingerprint density at radius 2 is 2.05 bits per heavy atom. The van der Waals surface area contributed by atoms with Crippen LogP contribution in [0.1, 0.15) is 18.4 Å². The average Bonchev–Trinajstić information content (AvgIpc) is 3.05. The number of anilines is 1. The summed E-state index contributed by atoms with van der Waals surface area (Å²) in [5, 5.41) is 3.92. The molecule has 2 aromatic heterocycles. The summed E-state index contributed by atoms with van der Waals surface area (Å²) < 4.78 is 14.1. The summed E-state index contributed by atoms with van der Waals surface area (Å²) in [6, 6.07) is 7.66. The van der Waals surface area contributed by atoms with Crippen molar-refractivity contribution in [3.8, 4) is 0 Å². The number of benzene rings is 1. The van der Waals surface area contributed by atoms with Crippen LogP contribution in [0.3, 0.4) is 0 Å². The fraction of sp³-hybridized carbons (Fsp3) is 0.231. The summed E-state index contributed by atoms with van der Waals surface area (Å²) in [7, 11) is 0. The fourth-order valence-electron chi connectivity index (χ4n) is 1.88. The molecule has 98 valence electrons. The molecule has 19 heavy (non-hydrogen) atoms. The van der Waals surface area contributed by atoms with E-state index in [9.17, 15) is 0 Å². The normalized spacial score (nSPS) is 11.1. The van der Waals surface area contributed by atoms with Gasteiger partial charge in [-0.2, -0.15) is 8.75 Å². The van der Waals surface area contributed by atoms with Gasteiger partial charge in [-0.3, -0.25) is 0 Å². The Hall–Kier alpha value is -1.59. The molecule has 0 fully saturated rings. The van der Waals surface area contributed by atoms with Crippen molar-refractivity contribution in [3.63, 3.8) is 0 Å². The predicted molar refractivity (Wildman–Crippen MR) is 77.8 cm³/mol. The second-order valence-corrected chi connectivity index (χ2v) is 5.07. The van der Waals surface area contributed by atoms with E-state index >= 15 is 0 Å². The highest BCUT2D eigenvalue weighted by molar-refractivity contribution is 7.00. The Balaban J connectivity index is 1.84. The Morgan fingerprint density at radius 3 is 2.84 bits per heavy atom. The maximum atomic E-state index is 6.20. The van der Waals surface area contributed by atoms with Crippen LogP contribution in [0.2, 0.25) is 5.02 Å². The SMILES string of the molecule is CCc1ccc(CNc2c(Cl)ccc3nsnc23)o1. The number of nitrogens with one attached hydrogen (secondary N) is 1. The first-order chi connectivity index (χ1) is 9.28. The molecule has 0 bridgehead atoms. The van der Waals surface area contributed by atoms with Gasteiger partial charge in [-0.05, 0) is 24.3 Å². The zero-order chi connectivity index (χ0) is 13.2. The molecule has 1 N–H and O–H groups in total. The number of rotatable bonds is 4. The van der Waals surface area contributed by atoms with Crippen LogP contribution in [0.15, 0.2) is 28.7 Å². The Labute approximate surface area is 119 Å². The van der Waals surface area contributed by atoms with Gasteiger partial charge in [0.05, 0.1) is 29.0 Å². The molecule has 4 nitrogen and oxygen atoms in total. The van der Waals surface area contributed by atoms with E-state index in [-0.39, 0.29) is 0 Å². The first kappa shape index (κ1) is 12.4. The van der Waals surface area contributed by atoms with Crippen LogP contribution in [0.5, 0.6) is 0 Å². The molecule has 0 aliphatic rings. The second-order valence-electron chi connectivity index (χ2n) is 4.13. The van der Waals surface area contributed by atoms with E-state index in [0.717, 1.165) is 34.7 Å². The number of fused-ring (bicyclic) bond motifs is 1. The molecule has 1 aromatic carbocycles. The third-order valence-corrected chi connectivity index (χ3v) is 3.74. The van der Waals surface area contributed by atoms with Crippen molar-refractivity contribution in [3.05, 3.63) is 40.8 Å². The molecule has 2 heterocycles. The lowest BCUT2D eigenvalue weighted by atomic mass is 10.2. The Kier molecular flexibility index (Phi) is 3.40. The molecule has 0 saturated carbocycles. The van der Waals surface area contributed by atoms with Crippen molar-refractivity contribution in [2.45, 2.75) is 19.9 Å². The van der Waals surface area contributed by atoms with Gasteiger partial charge in [0.25, 0.3) is 0 Å². The van der Waals surface area contributed by atoms with Gasteiger partial charge in [0, 0.05) is 6.42 Å². The summed E-state index contributed by atoms with van der Waals surface area (Å²) in [4.78, 5) is 0. The van der Waals surface area contributed by atoms with Crippen molar-refractivity contribution in [2.75, 3.05) is 5.32 Å². The smallest absolute Gasteiger partial charge is 0.129 e. The lowest BCUT2D eigenvalue weighted by Crippen LogP contribution is -1.99. The Morgan fingerprint density at radius 1 is 1.21 bits per heavy atom. The first-order valence-corrected chi connectivity index (χ1v) is 7.11. The molecule has 0 amide bonds. The van der Waals surface area contributed by atoms with E-state index in [4.69, 9.17) is 16.0 Å². The zero-order valence-electron chi connectivity index (χ0n) is 10.3. The number of halogens is 1. The number of aryl methyl sites for hydroxylation is 1. The van der Waals surface area contributed by atoms with Crippen molar-refractivity contribution in [2.24, 2.45) is 0 Å². The number of hydrogen-bond acceptors (Lipinski definition) is 5. The van der Waals surface area contributed by atoms with Crippen LogP contribution in [0, 0.1) is 0 Å². The highest BCUT2D eigenvalue weighted by atomic mass is 35.5. The molecule has 0 atom stereocenters. The number of nitrogens with zero attached hydrogens (tertiary/aromatic N) is 2. The lowest BCUT2D eigenvalue weighted by molar-refractivity contribution is 0.476. The van der Waals surface area contributed by atoms with Gasteiger partial charge in [-0.1, -0.05) is 18.5 Å². The highest BCUT2D eigenvalue weighted by Crippen LogP contribution is 2.30. The molecule has 3 rings (SSSR count). The monoisotopic (exact) mass is 293 g/mol. The summed E-state index contributed by atoms with van der Waals surface area (Å²) in [5.41, 5.74) is 2.47. The largest absolute Gasteiger partial charge is 0.464 e. The van der Waals surface area contributed by atoms with Crippen LogP contribution in [0.4, 0.5) is 5.69 Å². The van der Waals surface area contributed by atoms with Gasteiger partial charge in [0.2, 0.25) is 0 Å². The molecular weight excluding hydrogens is 282 g/mol. The summed E-state index contributed by atoms with van der Waals surface area (Å²) >= 11 is 7.39. The molecule has 0 radical (unpaired) electrons. The van der Waals surface area contributed by atoms with E-state index < -0.39 is 0 Å². The minimum Gasteiger partial charge on any atom is -0.464 e. The van der Waals surface area contributed by atoms with E-state index in [1.807, 2.05) is 24.3 Å². The third kappa shape index (κ3) is 2.43. The number of aromatic nitrogens is 2. The standard InChI is InChI=1S/C13H12ClN3OS/c1-2-8-3-4-9(18-8)7-15-12-10(14)5-6-11-13(12)17-19-16-11/h3-6,15H,2,7H2,1H3. The first-order valence-electron chi connectivity index (χ1n) is 6.00. The van der Waals surface area contributed by atoms with Gasteiger partial charge < -0.3 is 9.73 Å². The molecule has 0 saturated heterocycles. The molecule has 0 aliphatic carbocycles. The second kappa shape index (κ2) is 5.19. The van der Waals surface area contributed by atoms with Crippen LogP contribution in [-0.2, 0) is 13.0 Å². The molecule has 0 aliphatic heterocycles. The summed E-state index contributed by atoms with van der Waals surface area (Å²) in [6.07, 6.45) is 0.895. The quantitative estimate of drug-likeness (QED) is 0.786. The number of furan rings is 1. The summed E-state index contributed by atoms with van der Waals surface area (Å²) in [5.74, 6) is 1.87. The Bertz CT molecular complexity index is 707. The maximum absolute atomic E-state index is 6.20.